The molecule has 2 heteroatoms. The Morgan fingerprint density at radius 1 is 1.21 bits per heavy atom. The molecule has 0 spiro atoms. The van der Waals surface area contributed by atoms with Gasteiger partial charge in [0.1, 0.15) is 11.4 Å². The van der Waals surface area contributed by atoms with Gasteiger partial charge in [0.25, 0.3) is 0 Å². The number of aliphatic hydroxyl groups is 1. The Labute approximate surface area is 82.6 Å². The summed E-state index contributed by atoms with van der Waals surface area (Å²) in [7, 11) is 0. The Morgan fingerprint density at radius 2 is 1.86 bits per heavy atom. The second-order valence-corrected chi connectivity index (χ2v) is 3.64. The van der Waals surface area contributed by atoms with E-state index in [4.69, 9.17) is 0 Å². The third-order valence-corrected chi connectivity index (χ3v) is 2.46. The van der Waals surface area contributed by atoms with Crippen LogP contribution in [0.5, 0.6) is 0 Å². The lowest BCUT2D eigenvalue weighted by molar-refractivity contribution is 0.0240. The topological polar surface area (TPSA) is 20.2 Å². The van der Waals surface area contributed by atoms with Crippen molar-refractivity contribution in [1.29, 1.82) is 0 Å². The molecule has 0 saturated heterocycles. The molecule has 1 saturated carbocycles. The zero-order valence-electron chi connectivity index (χ0n) is 7.76. The lowest BCUT2D eigenvalue weighted by atomic mass is 9.81. The molecule has 1 N–H and O–H groups in total. The van der Waals surface area contributed by atoms with Crippen LogP contribution in [0.4, 0.5) is 4.39 Å². The van der Waals surface area contributed by atoms with Crippen LogP contribution in [0.2, 0.25) is 0 Å². The molecular formula is C12H11FO. The Morgan fingerprint density at radius 3 is 2.36 bits per heavy atom. The third-order valence-electron chi connectivity index (χ3n) is 2.46. The molecule has 0 aliphatic heterocycles. The summed E-state index contributed by atoms with van der Waals surface area (Å²) in [6.45, 7) is 0. The van der Waals surface area contributed by atoms with Gasteiger partial charge in [-0.25, -0.2) is 4.39 Å². The molecule has 0 bridgehead atoms. The molecule has 2 rings (SSSR count). The van der Waals surface area contributed by atoms with E-state index in [-0.39, 0.29) is 5.82 Å². The molecule has 0 atom stereocenters. The molecule has 72 valence electrons. The van der Waals surface area contributed by atoms with E-state index in [2.05, 4.69) is 11.8 Å². The second-order valence-electron chi connectivity index (χ2n) is 3.64. The number of rotatable bonds is 0. The van der Waals surface area contributed by atoms with Crippen molar-refractivity contribution in [2.45, 2.75) is 24.9 Å². The van der Waals surface area contributed by atoms with Crippen LogP contribution < -0.4 is 0 Å². The summed E-state index contributed by atoms with van der Waals surface area (Å²) in [5, 5.41) is 9.68. The third kappa shape index (κ3) is 1.94. The van der Waals surface area contributed by atoms with E-state index >= 15 is 0 Å². The van der Waals surface area contributed by atoms with Gasteiger partial charge in [-0.2, -0.15) is 0 Å². The first-order valence-corrected chi connectivity index (χ1v) is 4.69. The van der Waals surface area contributed by atoms with Crippen molar-refractivity contribution in [1.82, 2.24) is 0 Å². The Hall–Kier alpha value is -1.33. The van der Waals surface area contributed by atoms with Crippen LogP contribution in [0.25, 0.3) is 0 Å². The normalized spacial score (nSPS) is 17.9. The van der Waals surface area contributed by atoms with Crippen LogP contribution >= 0.6 is 0 Å². The summed E-state index contributed by atoms with van der Waals surface area (Å²) in [6.07, 6.45) is 2.54. The van der Waals surface area contributed by atoms with Gasteiger partial charge < -0.3 is 5.11 Å². The van der Waals surface area contributed by atoms with Crippen LogP contribution in [0.3, 0.4) is 0 Å². The van der Waals surface area contributed by atoms with Gasteiger partial charge in [0.2, 0.25) is 0 Å². The van der Waals surface area contributed by atoms with E-state index in [1.165, 1.54) is 12.1 Å². The van der Waals surface area contributed by atoms with Gasteiger partial charge in [-0.05, 0) is 43.5 Å². The first-order valence-electron chi connectivity index (χ1n) is 4.69. The van der Waals surface area contributed by atoms with E-state index < -0.39 is 5.60 Å². The van der Waals surface area contributed by atoms with E-state index in [0.29, 0.717) is 0 Å². The summed E-state index contributed by atoms with van der Waals surface area (Å²) in [5.74, 6) is 5.40. The van der Waals surface area contributed by atoms with Crippen molar-refractivity contribution in [3.63, 3.8) is 0 Å². The summed E-state index contributed by atoms with van der Waals surface area (Å²) < 4.78 is 12.5. The molecule has 1 fully saturated rings. The van der Waals surface area contributed by atoms with Crippen molar-refractivity contribution in [3.8, 4) is 11.8 Å². The molecule has 1 nitrogen and oxygen atoms in total. The predicted octanol–water partition coefficient (Wildman–Crippen LogP) is 2.09. The Balaban J connectivity index is 2.13. The molecule has 0 radical (unpaired) electrons. The van der Waals surface area contributed by atoms with Crippen molar-refractivity contribution in [3.05, 3.63) is 35.6 Å². The number of hydrogen-bond acceptors (Lipinski definition) is 1. The summed E-state index contributed by atoms with van der Waals surface area (Å²) in [5.41, 5.74) is -0.0410. The molecule has 1 aromatic rings. The van der Waals surface area contributed by atoms with Gasteiger partial charge in [0.15, 0.2) is 0 Å². The van der Waals surface area contributed by atoms with Crippen molar-refractivity contribution >= 4 is 0 Å². The average Bonchev–Trinajstić information content (AvgIpc) is 2.14. The largest absolute Gasteiger partial charge is 0.378 e. The minimum absolute atomic E-state index is 0.266. The van der Waals surface area contributed by atoms with Gasteiger partial charge in [-0.15, -0.1) is 0 Å². The molecule has 1 aromatic carbocycles. The van der Waals surface area contributed by atoms with E-state index in [0.717, 1.165) is 24.8 Å². The second kappa shape index (κ2) is 3.43. The standard InChI is InChI=1S/C12H11FO/c13-11-4-2-10(3-5-11)6-9-12(14)7-1-8-12/h2-5,14H,1,7-8H2. The van der Waals surface area contributed by atoms with E-state index in [9.17, 15) is 9.50 Å². The average molecular weight is 190 g/mol. The van der Waals surface area contributed by atoms with Gasteiger partial charge in [-0.1, -0.05) is 11.8 Å². The lowest BCUT2D eigenvalue weighted by Gasteiger charge is -2.30. The zero-order chi connectivity index (χ0) is 10.0. The number of halogens is 1. The van der Waals surface area contributed by atoms with Crippen molar-refractivity contribution < 1.29 is 9.50 Å². The van der Waals surface area contributed by atoms with Crippen molar-refractivity contribution in [2.75, 3.05) is 0 Å². The fourth-order valence-corrected chi connectivity index (χ4v) is 1.36. The first-order chi connectivity index (χ1) is 6.68. The van der Waals surface area contributed by atoms with E-state index in [1.807, 2.05) is 0 Å². The number of benzene rings is 1. The molecule has 1 aliphatic rings. The maximum absolute atomic E-state index is 12.5. The highest BCUT2D eigenvalue weighted by atomic mass is 19.1. The van der Waals surface area contributed by atoms with Crippen molar-refractivity contribution in [2.24, 2.45) is 0 Å². The fourth-order valence-electron chi connectivity index (χ4n) is 1.36. The molecule has 14 heavy (non-hydrogen) atoms. The minimum atomic E-state index is -0.783. The maximum atomic E-state index is 12.5. The van der Waals surface area contributed by atoms with Gasteiger partial charge in [0.05, 0.1) is 0 Å². The van der Waals surface area contributed by atoms with Gasteiger partial charge in [-0.3, -0.25) is 0 Å². The highest BCUT2D eigenvalue weighted by Crippen LogP contribution is 2.30. The SMILES string of the molecule is OC1(C#Cc2ccc(F)cc2)CCC1. The highest BCUT2D eigenvalue weighted by Gasteiger charge is 2.31. The predicted molar refractivity (Wildman–Crippen MR) is 52.1 cm³/mol. The quantitative estimate of drug-likeness (QED) is 0.621. The monoisotopic (exact) mass is 190 g/mol. The molecule has 0 amide bonds. The lowest BCUT2D eigenvalue weighted by Crippen LogP contribution is -2.34. The van der Waals surface area contributed by atoms with Gasteiger partial charge >= 0.3 is 0 Å². The van der Waals surface area contributed by atoms with Crippen LogP contribution in [0, 0.1) is 17.7 Å². The van der Waals surface area contributed by atoms with Gasteiger partial charge in [0, 0.05) is 5.56 Å². The first kappa shape index (κ1) is 9.23. The Bertz CT molecular complexity index is 379. The Kier molecular flexibility index (Phi) is 2.26. The number of hydrogen-bond donors (Lipinski definition) is 1. The summed E-state index contributed by atoms with van der Waals surface area (Å²) in [4.78, 5) is 0. The minimum Gasteiger partial charge on any atom is -0.378 e. The highest BCUT2D eigenvalue weighted by molar-refractivity contribution is 5.36. The smallest absolute Gasteiger partial charge is 0.125 e. The summed E-state index contributed by atoms with van der Waals surface area (Å²) >= 11 is 0. The summed E-state index contributed by atoms with van der Waals surface area (Å²) in [6, 6.07) is 5.97. The molecule has 0 heterocycles. The van der Waals surface area contributed by atoms with Crippen LogP contribution in [-0.4, -0.2) is 10.7 Å². The molecular weight excluding hydrogens is 179 g/mol. The zero-order valence-corrected chi connectivity index (χ0v) is 7.76. The van der Waals surface area contributed by atoms with Crippen LogP contribution in [0.1, 0.15) is 24.8 Å². The van der Waals surface area contributed by atoms with Crippen LogP contribution in [-0.2, 0) is 0 Å². The maximum Gasteiger partial charge on any atom is 0.125 e. The van der Waals surface area contributed by atoms with Crippen LogP contribution in [0.15, 0.2) is 24.3 Å². The molecule has 0 aromatic heterocycles. The fraction of sp³-hybridized carbons (Fsp3) is 0.333. The molecule has 0 unspecified atom stereocenters. The molecule has 1 aliphatic carbocycles. The van der Waals surface area contributed by atoms with E-state index in [1.54, 1.807) is 12.1 Å².